The lowest BCUT2D eigenvalue weighted by Gasteiger charge is -2.09. The molecule has 0 atom stereocenters. The van der Waals surface area contributed by atoms with Gasteiger partial charge in [-0.25, -0.2) is 0 Å². The van der Waals surface area contributed by atoms with Crippen LogP contribution in [0.3, 0.4) is 0 Å². The van der Waals surface area contributed by atoms with Crippen LogP contribution in [-0.2, 0) is 9.59 Å². The Kier molecular flexibility index (Phi) is 5.69. The molecule has 3 aromatic rings. The zero-order valence-corrected chi connectivity index (χ0v) is 15.9. The number of rotatable bonds is 4. The van der Waals surface area contributed by atoms with Crippen molar-refractivity contribution < 1.29 is 19.5 Å². The summed E-state index contributed by atoms with van der Waals surface area (Å²) in [4.78, 5) is 40.8. The van der Waals surface area contributed by atoms with Gasteiger partial charge in [-0.15, -0.1) is 0 Å². The number of carbonyl (C=O) groups excluding carboxylic acids is 3. The summed E-state index contributed by atoms with van der Waals surface area (Å²) in [5, 5.41) is 10.6. The number of nitrogens with zero attached hydrogens (tertiary/aromatic N) is 1. The minimum atomic E-state index is -1.08. The van der Waals surface area contributed by atoms with Crippen LogP contribution in [0.1, 0.15) is 27.2 Å². The van der Waals surface area contributed by atoms with E-state index in [1.807, 2.05) is 13.0 Å². The van der Waals surface area contributed by atoms with Crippen molar-refractivity contribution in [2.24, 2.45) is 0 Å². The molecule has 29 heavy (non-hydrogen) atoms. The van der Waals surface area contributed by atoms with Crippen molar-refractivity contribution in [1.29, 1.82) is 0 Å². The van der Waals surface area contributed by atoms with Crippen molar-refractivity contribution in [2.75, 3.05) is 0 Å². The van der Waals surface area contributed by atoms with Gasteiger partial charge in [-0.3, -0.25) is 30.2 Å². The number of carbonyl (C=O) groups is 3. The van der Waals surface area contributed by atoms with E-state index in [-0.39, 0.29) is 5.76 Å². The number of para-hydroxylation sites is 1. The van der Waals surface area contributed by atoms with Crippen molar-refractivity contribution in [3.63, 3.8) is 0 Å². The zero-order chi connectivity index (χ0) is 21.0. The molecule has 146 valence electrons. The van der Waals surface area contributed by atoms with Crippen molar-refractivity contribution in [3.8, 4) is 0 Å². The van der Waals surface area contributed by atoms with Crippen LogP contribution in [0.25, 0.3) is 16.7 Å². The fourth-order valence-electron chi connectivity index (χ4n) is 2.74. The number of amides is 2. The molecule has 3 rings (SSSR count). The first-order valence-corrected chi connectivity index (χ1v) is 8.84. The number of hydrazine groups is 1. The lowest BCUT2D eigenvalue weighted by Crippen LogP contribution is -2.44. The zero-order valence-electron chi connectivity index (χ0n) is 15.9. The van der Waals surface area contributed by atoms with Gasteiger partial charge in [0, 0.05) is 22.7 Å². The molecule has 0 aliphatic carbocycles. The normalized spacial score (nSPS) is 11.2. The van der Waals surface area contributed by atoms with E-state index < -0.39 is 17.6 Å². The van der Waals surface area contributed by atoms with Crippen molar-refractivity contribution >= 4 is 34.3 Å². The number of pyridine rings is 1. The minimum Gasteiger partial charge on any atom is -0.507 e. The van der Waals surface area contributed by atoms with Gasteiger partial charge in [-0.2, -0.15) is 0 Å². The maximum absolute atomic E-state index is 12.5. The van der Waals surface area contributed by atoms with Gasteiger partial charge in [0.15, 0.2) is 0 Å². The molecule has 0 saturated heterocycles. The second kappa shape index (κ2) is 8.35. The Balaban J connectivity index is 1.69. The second-order valence-corrected chi connectivity index (χ2v) is 6.50. The Labute approximate surface area is 167 Å². The number of nitrogens with one attached hydrogen (secondary N) is 2. The summed E-state index contributed by atoms with van der Waals surface area (Å²) in [6.45, 7) is 3.64. The smallest absolute Gasteiger partial charge is 0.310 e. The van der Waals surface area contributed by atoms with E-state index in [0.29, 0.717) is 27.7 Å². The first-order chi connectivity index (χ1) is 13.8. The summed E-state index contributed by atoms with van der Waals surface area (Å²) in [6.07, 6.45) is 0.804. The average molecular weight is 389 g/mol. The number of ketones is 1. The maximum atomic E-state index is 12.5. The largest absolute Gasteiger partial charge is 0.507 e. The highest BCUT2D eigenvalue weighted by atomic mass is 16.3. The molecule has 0 radical (unpaired) electrons. The van der Waals surface area contributed by atoms with Crippen molar-refractivity contribution in [1.82, 2.24) is 15.8 Å². The molecule has 1 aromatic heterocycles. The molecule has 0 aliphatic rings. The molecule has 0 spiro atoms. The van der Waals surface area contributed by atoms with E-state index in [4.69, 9.17) is 0 Å². The molecule has 3 N–H and O–H groups in total. The van der Waals surface area contributed by atoms with Crippen LogP contribution in [0.15, 0.2) is 60.7 Å². The summed E-state index contributed by atoms with van der Waals surface area (Å²) in [7, 11) is 0. The minimum absolute atomic E-state index is 0.318. The van der Waals surface area contributed by atoms with Crippen molar-refractivity contribution in [3.05, 3.63) is 83.1 Å². The molecule has 2 amide bonds. The van der Waals surface area contributed by atoms with E-state index >= 15 is 0 Å². The van der Waals surface area contributed by atoms with Gasteiger partial charge >= 0.3 is 5.91 Å². The van der Waals surface area contributed by atoms with E-state index in [0.717, 1.165) is 11.6 Å². The van der Waals surface area contributed by atoms with Gasteiger partial charge in [0.1, 0.15) is 5.76 Å². The molecule has 0 bridgehead atoms. The Morgan fingerprint density at radius 1 is 0.966 bits per heavy atom. The average Bonchev–Trinajstić information content (AvgIpc) is 2.71. The Morgan fingerprint density at radius 2 is 1.66 bits per heavy atom. The third-order valence-electron chi connectivity index (χ3n) is 4.22. The van der Waals surface area contributed by atoms with E-state index in [1.165, 1.54) is 0 Å². The predicted octanol–water partition coefficient (Wildman–Crippen LogP) is 2.78. The summed E-state index contributed by atoms with van der Waals surface area (Å²) in [5.41, 5.74) is 7.29. The van der Waals surface area contributed by atoms with Crippen LogP contribution in [0.2, 0.25) is 0 Å². The number of hydrogen-bond donors (Lipinski definition) is 3. The number of aryl methyl sites for hydroxylation is 2. The number of aliphatic hydroxyl groups excluding tert-OH is 1. The number of aromatic nitrogens is 1. The highest BCUT2D eigenvalue weighted by molar-refractivity contribution is 6.41. The third-order valence-corrected chi connectivity index (χ3v) is 4.22. The lowest BCUT2D eigenvalue weighted by atomic mass is 10.1. The molecule has 0 fully saturated rings. The van der Waals surface area contributed by atoms with Gasteiger partial charge < -0.3 is 5.11 Å². The molecule has 0 saturated carbocycles. The summed E-state index contributed by atoms with van der Waals surface area (Å²) in [5.74, 6) is -3.00. The first kappa shape index (κ1) is 19.8. The third kappa shape index (κ3) is 4.65. The van der Waals surface area contributed by atoms with Crippen LogP contribution in [0.5, 0.6) is 0 Å². The molecular weight excluding hydrogens is 370 g/mol. The number of aliphatic hydroxyl groups is 1. The van der Waals surface area contributed by atoms with Gasteiger partial charge in [0.05, 0.1) is 11.1 Å². The standard InChI is InChI=1S/C22H19N3O4/c1-13-7-9-15(10-8-13)19(26)12-20(27)22(29)25-24-21(28)17-11-14(2)23-18-6-4-3-5-16(17)18/h3-12,26H,1-2H3,(H,24,28)(H,25,29). The van der Waals surface area contributed by atoms with E-state index in [9.17, 15) is 19.5 Å². The van der Waals surface area contributed by atoms with Crippen LogP contribution < -0.4 is 10.9 Å². The topological polar surface area (TPSA) is 108 Å². The molecule has 1 heterocycles. The van der Waals surface area contributed by atoms with Crippen LogP contribution in [-0.4, -0.2) is 27.7 Å². The molecule has 0 unspecified atom stereocenters. The Bertz CT molecular complexity index is 1130. The number of benzene rings is 2. The molecule has 7 heteroatoms. The van der Waals surface area contributed by atoms with Gasteiger partial charge in [-0.1, -0.05) is 48.0 Å². The first-order valence-electron chi connectivity index (χ1n) is 8.84. The molecular formula is C22H19N3O4. The highest BCUT2D eigenvalue weighted by Gasteiger charge is 2.16. The molecule has 7 nitrogen and oxygen atoms in total. The fraction of sp³-hybridized carbons (Fsp3) is 0.0909. The summed E-state index contributed by atoms with van der Waals surface area (Å²) in [6, 6.07) is 15.5. The summed E-state index contributed by atoms with van der Waals surface area (Å²) < 4.78 is 0. The Morgan fingerprint density at radius 3 is 2.38 bits per heavy atom. The van der Waals surface area contributed by atoms with E-state index in [2.05, 4.69) is 15.8 Å². The van der Waals surface area contributed by atoms with Gasteiger partial charge in [0.25, 0.3) is 5.91 Å². The van der Waals surface area contributed by atoms with Crippen molar-refractivity contribution in [2.45, 2.75) is 13.8 Å². The molecule has 2 aromatic carbocycles. The van der Waals surface area contributed by atoms with Crippen LogP contribution in [0.4, 0.5) is 0 Å². The fourth-order valence-corrected chi connectivity index (χ4v) is 2.74. The van der Waals surface area contributed by atoms with Gasteiger partial charge in [0.2, 0.25) is 5.78 Å². The van der Waals surface area contributed by atoms with Gasteiger partial charge in [-0.05, 0) is 26.0 Å². The Hall–Kier alpha value is -4.00. The SMILES string of the molecule is Cc1ccc(C(O)=CC(=O)C(=O)NNC(=O)c2cc(C)nc3ccccc23)cc1. The highest BCUT2D eigenvalue weighted by Crippen LogP contribution is 2.18. The lowest BCUT2D eigenvalue weighted by molar-refractivity contribution is -0.135. The van der Waals surface area contributed by atoms with Crippen LogP contribution in [0, 0.1) is 13.8 Å². The number of hydrogen-bond acceptors (Lipinski definition) is 5. The maximum Gasteiger partial charge on any atom is 0.310 e. The summed E-state index contributed by atoms with van der Waals surface area (Å²) >= 11 is 0. The van der Waals surface area contributed by atoms with Crippen LogP contribution >= 0.6 is 0 Å². The monoisotopic (exact) mass is 389 g/mol. The molecule has 0 aliphatic heterocycles. The van der Waals surface area contributed by atoms with E-state index in [1.54, 1.807) is 55.5 Å². The quantitative estimate of drug-likeness (QED) is 0.275. The predicted molar refractivity (Wildman–Crippen MR) is 109 cm³/mol. The number of fused-ring (bicyclic) bond motifs is 1. The second-order valence-electron chi connectivity index (χ2n) is 6.50.